The van der Waals surface area contributed by atoms with Crippen LogP contribution >= 0.6 is 0 Å². The van der Waals surface area contributed by atoms with Gasteiger partial charge in [0.2, 0.25) is 0 Å². The molecule has 1 heterocycles. The van der Waals surface area contributed by atoms with E-state index in [4.69, 9.17) is 9.47 Å². The first kappa shape index (κ1) is 11.4. The second-order valence-electron chi connectivity index (χ2n) is 4.24. The second kappa shape index (κ2) is 5.32. The Bertz CT molecular complexity index is 320. The van der Waals surface area contributed by atoms with E-state index in [0.29, 0.717) is 13.2 Å². The van der Waals surface area contributed by atoms with Crippen molar-refractivity contribution in [2.24, 2.45) is 5.92 Å². The Morgan fingerprint density at radius 2 is 2.12 bits per heavy atom. The lowest BCUT2D eigenvalue weighted by Crippen LogP contribution is -2.33. The molecule has 1 aliphatic rings. The zero-order valence-electron chi connectivity index (χ0n) is 9.56. The number of methoxy groups -OCH3 is 1. The normalized spacial score (nSPS) is 25.4. The van der Waals surface area contributed by atoms with Gasteiger partial charge in [0.15, 0.2) is 0 Å². The average Bonchev–Trinajstić information content (AvgIpc) is 2.33. The van der Waals surface area contributed by atoms with Crippen LogP contribution in [-0.2, 0) is 11.2 Å². The van der Waals surface area contributed by atoms with E-state index in [2.05, 4.69) is 0 Å². The molecule has 1 aromatic rings. The molecular weight excluding hydrogens is 204 g/mol. The Morgan fingerprint density at radius 3 is 2.75 bits per heavy atom. The van der Waals surface area contributed by atoms with Crippen LogP contribution < -0.4 is 4.74 Å². The summed E-state index contributed by atoms with van der Waals surface area (Å²) in [6.45, 7) is 1.34. The number of hydrogen-bond acceptors (Lipinski definition) is 3. The lowest BCUT2D eigenvalue weighted by atomic mass is 9.91. The van der Waals surface area contributed by atoms with Gasteiger partial charge in [-0.3, -0.25) is 0 Å². The first-order valence-corrected chi connectivity index (χ1v) is 5.68. The van der Waals surface area contributed by atoms with Crippen molar-refractivity contribution in [1.82, 2.24) is 0 Å². The van der Waals surface area contributed by atoms with Crippen LogP contribution in [0.4, 0.5) is 0 Å². The fourth-order valence-electron chi connectivity index (χ4n) is 2.04. The molecule has 0 amide bonds. The van der Waals surface area contributed by atoms with E-state index in [9.17, 15) is 5.11 Å². The summed E-state index contributed by atoms with van der Waals surface area (Å²) < 4.78 is 10.5. The van der Waals surface area contributed by atoms with Gasteiger partial charge in [0, 0.05) is 12.5 Å². The number of hydrogen-bond donors (Lipinski definition) is 1. The van der Waals surface area contributed by atoms with Crippen molar-refractivity contribution >= 4 is 0 Å². The molecule has 16 heavy (non-hydrogen) atoms. The van der Waals surface area contributed by atoms with Gasteiger partial charge in [-0.15, -0.1) is 0 Å². The lowest BCUT2D eigenvalue weighted by Gasteiger charge is -2.27. The number of ether oxygens (including phenoxy) is 2. The van der Waals surface area contributed by atoms with Gasteiger partial charge in [0.25, 0.3) is 0 Å². The summed E-state index contributed by atoms with van der Waals surface area (Å²) in [5.74, 6) is 1.09. The number of rotatable bonds is 3. The van der Waals surface area contributed by atoms with Crippen molar-refractivity contribution in [2.75, 3.05) is 20.3 Å². The zero-order chi connectivity index (χ0) is 11.4. The van der Waals surface area contributed by atoms with Crippen LogP contribution in [0, 0.1) is 5.92 Å². The van der Waals surface area contributed by atoms with E-state index < -0.39 is 0 Å². The van der Waals surface area contributed by atoms with Crippen LogP contribution in [-0.4, -0.2) is 31.5 Å². The summed E-state index contributed by atoms with van der Waals surface area (Å²) in [7, 11) is 1.66. The molecule has 2 rings (SSSR count). The van der Waals surface area contributed by atoms with Gasteiger partial charge in [-0.1, -0.05) is 12.1 Å². The molecule has 0 bridgehead atoms. The summed E-state index contributed by atoms with van der Waals surface area (Å²) >= 11 is 0. The Kier molecular flexibility index (Phi) is 3.80. The molecule has 2 atom stereocenters. The summed E-state index contributed by atoms with van der Waals surface area (Å²) in [5.41, 5.74) is 1.22. The molecule has 0 radical (unpaired) electrons. The highest BCUT2D eigenvalue weighted by Gasteiger charge is 2.23. The van der Waals surface area contributed by atoms with Crippen molar-refractivity contribution < 1.29 is 14.6 Å². The summed E-state index contributed by atoms with van der Waals surface area (Å²) in [4.78, 5) is 0. The number of benzene rings is 1. The van der Waals surface area contributed by atoms with E-state index in [1.807, 2.05) is 24.3 Å². The first-order valence-electron chi connectivity index (χ1n) is 5.68. The molecule has 0 unspecified atom stereocenters. The molecule has 1 aliphatic heterocycles. The molecule has 1 N–H and O–H groups in total. The third kappa shape index (κ3) is 2.74. The minimum atomic E-state index is -0.226. The Hall–Kier alpha value is -1.06. The molecule has 0 spiro atoms. The largest absolute Gasteiger partial charge is 0.497 e. The highest BCUT2D eigenvalue weighted by molar-refractivity contribution is 5.27. The molecule has 0 aromatic heterocycles. The van der Waals surface area contributed by atoms with Gasteiger partial charge in [0.05, 0.1) is 19.8 Å². The molecule has 3 heteroatoms. The van der Waals surface area contributed by atoms with Crippen LogP contribution in [0.2, 0.25) is 0 Å². The van der Waals surface area contributed by atoms with Gasteiger partial charge >= 0.3 is 0 Å². The van der Waals surface area contributed by atoms with Crippen molar-refractivity contribution in [3.63, 3.8) is 0 Å². The highest BCUT2D eigenvalue weighted by Crippen LogP contribution is 2.21. The quantitative estimate of drug-likeness (QED) is 0.845. The maximum atomic E-state index is 9.83. The standard InChI is InChI=1S/C13H18O3/c1-15-12-4-2-10(3-5-12)8-11-9-16-7-6-13(11)14/h2-5,11,13-14H,6-9H2,1H3/t11-,13+/m1/s1. The summed E-state index contributed by atoms with van der Waals surface area (Å²) in [6.07, 6.45) is 1.39. The summed E-state index contributed by atoms with van der Waals surface area (Å²) in [6, 6.07) is 7.98. The zero-order valence-corrected chi connectivity index (χ0v) is 9.56. The molecule has 0 saturated carbocycles. The molecule has 1 aromatic carbocycles. The third-order valence-corrected chi connectivity index (χ3v) is 3.09. The van der Waals surface area contributed by atoms with Crippen molar-refractivity contribution in [1.29, 1.82) is 0 Å². The molecule has 1 saturated heterocycles. The Labute approximate surface area is 96.0 Å². The summed E-state index contributed by atoms with van der Waals surface area (Å²) in [5, 5.41) is 9.83. The molecule has 0 aliphatic carbocycles. The smallest absolute Gasteiger partial charge is 0.118 e. The van der Waals surface area contributed by atoms with Gasteiger partial charge in [-0.25, -0.2) is 0 Å². The third-order valence-electron chi connectivity index (χ3n) is 3.09. The average molecular weight is 222 g/mol. The number of aliphatic hydroxyl groups excluding tert-OH is 1. The first-order chi connectivity index (χ1) is 7.79. The van der Waals surface area contributed by atoms with Crippen LogP contribution in [0.25, 0.3) is 0 Å². The molecule has 3 nitrogen and oxygen atoms in total. The van der Waals surface area contributed by atoms with E-state index in [1.54, 1.807) is 7.11 Å². The van der Waals surface area contributed by atoms with Crippen LogP contribution in [0.1, 0.15) is 12.0 Å². The second-order valence-corrected chi connectivity index (χ2v) is 4.24. The van der Waals surface area contributed by atoms with Gasteiger partial charge < -0.3 is 14.6 Å². The van der Waals surface area contributed by atoms with Crippen LogP contribution in [0.3, 0.4) is 0 Å². The minimum Gasteiger partial charge on any atom is -0.497 e. The van der Waals surface area contributed by atoms with E-state index in [0.717, 1.165) is 18.6 Å². The molecule has 88 valence electrons. The van der Waals surface area contributed by atoms with Crippen molar-refractivity contribution in [2.45, 2.75) is 18.9 Å². The maximum Gasteiger partial charge on any atom is 0.118 e. The maximum absolute atomic E-state index is 9.83. The number of aliphatic hydroxyl groups is 1. The van der Waals surface area contributed by atoms with Crippen molar-refractivity contribution in [3.05, 3.63) is 29.8 Å². The lowest BCUT2D eigenvalue weighted by molar-refractivity contribution is -0.0350. The highest BCUT2D eigenvalue weighted by atomic mass is 16.5. The predicted octanol–water partition coefficient (Wildman–Crippen LogP) is 1.64. The Balaban J connectivity index is 1.96. The minimum absolute atomic E-state index is 0.224. The SMILES string of the molecule is COc1ccc(C[C@@H]2COCC[C@@H]2O)cc1. The van der Waals surface area contributed by atoms with Crippen molar-refractivity contribution in [3.8, 4) is 5.75 Å². The van der Waals surface area contributed by atoms with E-state index >= 15 is 0 Å². The van der Waals surface area contributed by atoms with Crippen LogP contribution in [0.5, 0.6) is 5.75 Å². The Morgan fingerprint density at radius 1 is 1.38 bits per heavy atom. The predicted molar refractivity (Wildman–Crippen MR) is 61.6 cm³/mol. The molecule has 1 fully saturated rings. The van der Waals surface area contributed by atoms with Gasteiger partial charge in [-0.05, 0) is 30.5 Å². The fraction of sp³-hybridized carbons (Fsp3) is 0.538. The monoisotopic (exact) mass is 222 g/mol. The van der Waals surface area contributed by atoms with Gasteiger partial charge in [-0.2, -0.15) is 0 Å². The van der Waals surface area contributed by atoms with E-state index in [-0.39, 0.29) is 12.0 Å². The van der Waals surface area contributed by atoms with E-state index in [1.165, 1.54) is 5.56 Å². The topological polar surface area (TPSA) is 38.7 Å². The fourth-order valence-corrected chi connectivity index (χ4v) is 2.04. The van der Waals surface area contributed by atoms with Crippen LogP contribution in [0.15, 0.2) is 24.3 Å². The van der Waals surface area contributed by atoms with Gasteiger partial charge in [0.1, 0.15) is 5.75 Å². The molecular formula is C13H18O3.